The predicted octanol–water partition coefficient (Wildman–Crippen LogP) is 2.35. The summed E-state index contributed by atoms with van der Waals surface area (Å²) in [5.74, 6) is 0.997. The summed E-state index contributed by atoms with van der Waals surface area (Å²) < 4.78 is 31.4. The van der Waals surface area contributed by atoms with Gasteiger partial charge in [-0.2, -0.15) is 4.31 Å². The smallest absolute Gasteiger partial charge is 0.214 e. The van der Waals surface area contributed by atoms with Gasteiger partial charge in [-0.1, -0.05) is 13.0 Å². The summed E-state index contributed by atoms with van der Waals surface area (Å²) in [4.78, 5) is 0. The van der Waals surface area contributed by atoms with E-state index in [1.165, 1.54) is 5.56 Å². The van der Waals surface area contributed by atoms with Crippen LogP contribution in [0.3, 0.4) is 0 Å². The fourth-order valence-corrected chi connectivity index (χ4v) is 4.37. The second-order valence-corrected chi connectivity index (χ2v) is 6.96. The van der Waals surface area contributed by atoms with Gasteiger partial charge in [-0.25, -0.2) is 8.42 Å². The van der Waals surface area contributed by atoms with Crippen LogP contribution in [0.4, 0.5) is 0 Å². The van der Waals surface area contributed by atoms with Gasteiger partial charge >= 0.3 is 0 Å². The first-order chi connectivity index (χ1) is 8.99. The molecule has 1 aliphatic heterocycles. The Bertz CT molecular complexity index is 554. The summed E-state index contributed by atoms with van der Waals surface area (Å²) in [7, 11) is -1.53. The number of methoxy groups -OCH3 is 1. The van der Waals surface area contributed by atoms with Crippen molar-refractivity contribution >= 4 is 10.0 Å². The Hall–Kier alpha value is -1.07. The maximum atomic E-state index is 12.3. The molecule has 106 valence electrons. The third kappa shape index (κ3) is 2.77. The van der Waals surface area contributed by atoms with Crippen LogP contribution in [0, 0.1) is 0 Å². The van der Waals surface area contributed by atoms with E-state index in [4.69, 9.17) is 4.74 Å². The molecule has 0 spiro atoms. The lowest BCUT2D eigenvalue weighted by Crippen LogP contribution is -2.40. The van der Waals surface area contributed by atoms with Crippen molar-refractivity contribution in [3.05, 3.63) is 29.3 Å². The number of fused-ring (bicyclic) bond motifs is 1. The van der Waals surface area contributed by atoms with E-state index >= 15 is 0 Å². The number of hydrogen-bond acceptors (Lipinski definition) is 3. The second kappa shape index (κ2) is 5.51. The lowest BCUT2D eigenvalue weighted by atomic mass is 9.95. The van der Waals surface area contributed by atoms with Crippen LogP contribution in [0.1, 0.15) is 37.4 Å². The minimum atomic E-state index is -3.15. The van der Waals surface area contributed by atoms with Gasteiger partial charge < -0.3 is 4.74 Å². The van der Waals surface area contributed by atoms with Crippen LogP contribution in [-0.4, -0.2) is 32.1 Å². The Morgan fingerprint density at radius 2 is 2.16 bits per heavy atom. The van der Waals surface area contributed by atoms with Gasteiger partial charge in [0.2, 0.25) is 10.0 Å². The average molecular weight is 283 g/mol. The van der Waals surface area contributed by atoms with E-state index in [0.717, 1.165) is 17.7 Å². The molecule has 4 nitrogen and oxygen atoms in total. The molecule has 0 fully saturated rings. The standard InChI is InChI=1S/C14H21NO3S/c1-4-9-19(16,17)15-8-7-12-5-6-13(18-3)10-14(12)11(15)2/h5-6,10-11H,4,7-9H2,1-3H3. The Kier molecular flexibility index (Phi) is 4.16. The highest BCUT2D eigenvalue weighted by Gasteiger charge is 2.32. The van der Waals surface area contributed by atoms with E-state index in [2.05, 4.69) is 0 Å². The normalized spacial score (nSPS) is 20.1. The van der Waals surface area contributed by atoms with Crippen LogP contribution < -0.4 is 4.74 Å². The third-order valence-corrected chi connectivity index (χ3v) is 5.79. The first kappa shape index (κ1) is 14.3. The molecule has 0 aliphatic carbocycles. The lowest BCUT2D eigenvalue weighted by molar-refractivity contribution is 0.324. The van der Waals surface area contributed by atoms with Gasteiger partial charge in [0.05, 0.1) is 12.9 Å². The van der Waals surface area contributed by atoms with Crippen LogP contribution in [0.15, 0.2) is 18.2 Å². The Balaban J connectivity index is 2.35. The minimum absolute atomic E-state index is 0.115. The highest BCUT2D eigenvalue weighted by molar-refractivity contribution is 7.89. The summed E-state index contributed by atoms with van der Waals surface area (Å²) >= 11 is 0. The fourth-order valence-electron chi connectivity index (χ4n) is 2.65. The molecule has 0 saturated heterocycles. The maximum Gasteiger partial charge on any atom is 0.214 e. The first-order valence-electron chi connectivity index (χ1n) is 6.66. The molecule has 1 aromatic rings. The maximum absolute atomic E-state index is 12.3. The van der Waals surface area contributed by atoms with Gasteiger partial charge in [-0.15, -0.1) is 0 Å². The molecule has 0 saturated carbocycles. The molecule has 2 rings (SSSR count). The van der Waals surface area contributed by atoms with Crippen LogP contribution in [0.25, 0.3) is 0 Å². The summed E-state index contributed by atoms with van der Waals surface area (Å²) in [5, 5.41) is 0. The van der Waals surface area contributed by atoms with Crippen molar-refractivity contribution in [2.75, 3.05) is 19.4 Å². The number of nitrogens with zero attached hydrogens (tertiary/aromatic N) is 1. The van der Waals surface area contributed by atoms with Crippen molar-refractivity contribution in [1.82, 2.24) is 4.31 Å². The van der Waals surface area contributed by atoms with Crippen molar-refractivity contribution in [2.24, 2.45) is 0 Å². The Morgan fingerprint density at radius 1 is 1.42 bits per heavy atom. The number of benzene rings is 1. The number of rotatable bonds is 4. The molecule has 1 atom stereocenters. The largest absolute Gasteiger partial charge is 0.497 e. The molecular weight excluding hydrogens is 262 g/mol. The van der Waals surface area contributed by atoms with E-state index in [9.17, 15) is 8.42 Å². The molecular formula is C14H21NO3S. The topological polar surface area (TPSA) is 46.6 Å². The molecule has 0 bridgehead atoms. The van der Waals surface area contributed by atoms with E-state index < -0.39 is 10.0 Å². The summed E-state index contributed by atoms with van der Waals surface area (Å²) in [6.45, 7) is 4.41. The van der Waals surface area contributed by atoms with Crippen molar-refractivity contribution < 1.29 is 13.2 Å². The highest BCUT2D eigenvalue weighted by atomic mass is 32.2. The second-order valence-electron chi connectivity index (χ2n) is 4.92. The monoisotopic (exact) mass is 283 g/mol. The van der Waals surface area contributed by atoms with Crippen molar-refractivity contribution in [3.8, 4) is 5.75 Å². The molecule has 19 heavy (non-hydrogen) atoms. The number of ether oxygens (including phenoxy) is 1. The highest BCUT2D eigenvalue weighted by Crippen LogP contribution is 2.33. The van der Waals surface area contributed by atoms with Crippen molar-refractivity contribution in [1.29, 1.82) is 0 Å². The Labute approximate surface area is 115 Å². The van der Waals surface area contributed by atoms with Crippen LogP contribution in [0.2, 0.25) is 0 Å². The minimum Gasteiger partial charge on any atom is -0.497 e. The van der Waals surface area contributed by atoms with Crippen LogP contribution in [-0.2, 0) is 16.4 Å². The lowest BCUT2D eigenvalue weighted by Gasteiger charge is -2.34. The zero-order valence-electron chi connectivity index (χ0n) is 11.7. The number of hydrogen-bond donors (Lipinski definition) is 0. The van der Waals surface area contributed by atoms with Crippen molar-refractivity contribution in [3.63, 3.8) is 0 Å². The predicted molar refractivity (Wildman–Crippen MR) is 75.9 cm³/mol. The van der Waals surface area contributed by atoms with Gasteiger partial charge in [-0.3, -0.25) is 0 Å². The SMILES string of the molecule is CCCS(=O)(=O)N1CCc2ccc(OC)cc2C1C. The van der Waals surface area contributed by atoms with E-state index in [1.807, 2.05) is 32.0 Å². The quantitative estimate of drug-likeness (QED) is 0.852. The molecule has 1 unspecified atom stereocenters. The van der Waals surface area contributed by atoms with Crippen LogP contribution in [0.5, 0.6) is 5.75 Å². The number of sulfonamides is 1. The summed E-state index contributed by atoms with van der Waals surface area (Å²) in [6.07, 6.45) is 1.42. The average Bonchev–Trinajstić information content (AvgIpc) is 2.38. The third-order valence-electron chi connectivity index (χ3n) is 3.66. The molecule has 5 heteroatoms. The molecule has 1 aliphatic rings. The van der Waals surface area contributed by atoms with E-state index in [1.54, 1.807) is 11.4 Å². The Morgan fingerprint density at radius 3 is 2.79 bits per heavy atom. The van der Waals surface area contributed by atoms with E-state index in [-0.39, 0.29) is 11.8 Å². The van der Waals surface area contributed by atoms with Gasteiger partial charge in [-0.05, 0) is 43.0 Å². The van der Waals surface area contributed by atoms with Crippen LogP contribution >= 0.6 is 0 Å². The molecule has 1 heterocycles. The molecule has 0 amide bonds. The zero-order chi connectivity index (χ0) is 14.0. The van der Waals surface area contributed by atoms with Gasteiger partial charge in [0.15, 0.2) is 0 Å². The fraction of sp³-hybridized carbons (Fsp3) is 0.571. The zero-order valence-corrected chi connectivity index (χ0v) is 12.5. The van der Waals surface area contributed by atoms with Gasteiger partial charge in [0.25, 0.3) is 0 Å². The molecule has 0 N–H and O–H groups in total. The molecule has 0 radical (unpaired) electrons. The van der Waals surface area contributed by atoms with Gasteiger partial charge in [0, 0.05) is 12.6 Å². The molecule has 0 aromatic heterocycles. The summed E-state index contributed by atoms with van der Waals surface area (Å²) in [5.41, 5.74) is 2.28. The molecule has 1 aromatic carbocycles. The van der Waals surface area contributed by atoms with E-state index in [0.29, 0.717) is 13.0 Å². The first-order valence-corrected chi connectivity index (χ1v) is 8.27. The van der Waals surface area contributed by atoms with Gasteiger partial charge in [0.1, 0.15) is 5.75 Å². The van der Waals surface area contributed by atoms with Crippen molar-refractivity contribution in [2.45, 2.75) is 32.7 Å². The summed E-state index contributed by atoms with van der Waals surface area (Å²) in [6, 6.07) is 5.81.